The maximum Gasteiger partial charge on any atom is 0.141 e. The zero-order valence-electron chi connectivity index (χ0n) is 13.1. The summed E-state index contributed by atoms with van der Waals surface area (Å²) in [6, 6.07) is 10.4. The topological polar surface area (TPSA) is 50.4 Å². The third-order valence-electron chi connectivity index (χ3n) is 4.70. The minimum Gasteiger partial charge on any atom is -0.384 e. The van der Waals surface area contributed by atoms with Gasteiger partial charge in [-0.3, -0.25) is 0 Å². The largest absolute Gasteiger partial charge is 0.384 e. The van der Waals surface area contributed by atoms with Crippen molar-refractivity contribution in [1.29, 1.82) is 0 Å². The van der Waals surface area contributed by atoms with Gasteiger partial charge in [-0.2, -0.15) is 0 Å². The highest BCUT2D eigenvalue weighted by atomic mass is 32.1. The second-order valence-electron chi connectivity index (χ2n) is 6.20. The molecule has 0 saturated carbocycles. The number of nitrogens with one attached hydrogen (secondary N) is 1. The summed E-state index contributed by atoms with van der Waals surface area (Å²) < 4.78 is 0. The van der Waals surface area contributed by atoms with Crippen molar-refractivity contribution < 1.29 is 0 Å². The van der Waals surface area contributed by atoms with Crippen molar-refractivity contribution in [2.24, 2.45) is 10.7 Å². The van der Waals surface area contributed by atoms with Crippen molar-refractivity contribution in [2.75, 3.05) is 11.9 Å². The fourth-order valence-corrected chi connectivity index (χ4v) is 4.15. The van der Waals surface area contributed by atoms with Crippen LogP contribution < -0.4 is 11.1 Å². The predicted octanol–water partition coefficient (Wildman–Crippen LogP) is 4.79. The first kappa shape index (κ1) is 14.5. The Hall–Kier alpha value is -2.07. The van der Waals surface area contributed by atoms with Gasteiger partial charge in [0, 0.05) is 18.2 Å². The van der Waals surface area contributed by atoms with E-state index in [0.717, 1.165) is 17.1 Å². The lowest BCUT2D eigenvalue weighted by atomic mass is 9.86. The van der Waals surface area contributed by atoms with Gasteiger partial charge in [0.1, 0.15) is 5.84 Å². The molecule has 1 aliphatic heterocycles. The molecule has 3 nitrogen and oxygen atoms in total. The Morgan fingerprint density at radius 2 is 2.22 bits per heavy atom. The quantitative estimate of drug-likeness (QED) is 0.484. The van der Waals surface area contributed by atoms with Crippen LogP contribution in [0, 0.1) is 0 Å². The molecule has 118 valence electrons. The van der Waals surface area contributed by atoms with Gasteiger partial charge in [0.25, 0.3) is 0 Å². The van der Waals surface area contributed by atoms with Crippen LogP contribution in [0.4, 0.5) is 11.4 Å². The molecule has 4 heteroatoms. The summed E-state index contributed by atoms with van der Waals surface area (Å²) in [6.07, 6.45) is 7.56. The van der Waals surface area contributed by atoms with Gasteiger partial charge in [-0.1, -0.05) is 17.7 Å². The Labute approximate surface area is 140 Å². The predicted molar refractivity (Wildman–Crippen MR) is 98.9 cm³/mol. The Kier molecular flexibility index (Phi) is 3.92. The highest BCUT2D eigenvalue weighted by Gasteiger charge is 2.26. The van der Waals surface area contributed by atoms with Crippen molar-refractivity contribution in [3.63, 3.8) is 0 Å². The minimum atomic E-state index is 0.503. The minimum absolute atomic E-state index is 0.503. The van der Waals surface area contributed by atoms with E-state index in [1.807, 2.05) is 23.6 Å². The molecular weight excluding hydrogens is 302 g/mol. The Morgan fingerprint density at radius 1 is 1.26 bits per heavy atom. The molecule has 4 rings (SSSR count). The monoisotopic (exact) mass is 323 g/mol. The molecule has 0 bridgehead atoms. The summed E-state index contributed by atoms with van der Waals surface area (Å²) in [5.41, 5.74) is 11.3. The van der Waals surface area contributed by atoms with Crippen LogP contribution in [-0.2, 0) is 0 Å². The number of amidine groups is 1. The van der Waals surface area contributed by atoms with Crippen LogP contribution >= 0.6 is 11.3 Å². The maximum absolute atomic E-state index is 6.13. The number of anilines is 1. The van der Waals surface area contributed by atoms with E-state index < -0.39 is 0 Å². The highest BCUT2D eigenvalue weighted by molar-refractivity contribution is 7.12. The Morgan fingerprint density at radius 3 is 3.00 bits per heavy atom. The van der Waals surface area contributed by atoms with Crippen LogP contribution in [0.2, 0.25) is 0 Å². The molecule has 0 radical (unpaired) electrons. The SMILES string of the molecule is NC(=Nc1ccc2c(c1)C(C1=CCCCC1)CN2)c1cccs1. The molecule has 2 aromatic rings. The van der Waals surface area contributed by atoms with E-state index in [-0.39, 0.29) is 0 Å². The van der Waals surface area contributed by atoms with E-state index in [2.05, 4.69) is 28.5 Å². The molecule has 0 fully saturated rings. The fourth-order valence-electron chi connectivity index (χ4n) is 3.52. The van der Waals surface area contributed by atoms with Gasteiger partial charge in [0.15, 0.2) is 0 Å². The summed E-state index contributed by atoms with van der Waals surface area (Å²) in [4.78, 5) is 5.64. The van der Waals surface area contributed by atoms with Gasteiger partial charge in [-0.25, -0.2) is 4.99 Å². The number of nitrogens with two attached hydrogens (primary N) is 1. The standard InChI is InChI=1S/C19H21N3S/c20-19(18-7-4-10-23-18)22-14-8-9-17-15(11-14)16(12-21-17)13-5-2-1-3-6-13/h4-5,7-11,16,21H,1-3,6,12H2,(H2,20,22). The van der Waals surface area contributed by atoms with E-state index in [9.17, 15) is 0 Å². The molecule has 1 aliphatic carbocycles. The molecule has 0 saturated heterocycles. The van der Waals surface area contributed by atoms with E-state index in [0.29, 0.717) is 11.8 Å². The summed E-state index contributed by atoms with van der Waals surface area (Å²) in [5, 5.41) is 5.56. The van der Waals surface area contributed by atoms with Crippen LogP contribution in [0.15, 0.2) is 52.4 Å². The molecule has 3 N–H and O–H groups in total. The van der Waals surface area contributed by atoms with Crippen molar-refractivity contribution in [2.45, 2.75) is 31.6 Å². The van der Waals surface area contributed by atoms with Gasteiger partial charge < -0.3 is 11.1 Å². The highest BCUT2D eigenvalue weighted by Crippen LogP contribution is 2.41. The first-order valence-electron chi connectivity index (χ1n) is 8.26. The molecule has 0 spiro atoms. The number of allylic oxidation sites excluding steroid dienone is 1. The maximum atomic E-state index is 6.13. The van der Waals surface area contributed by atoms with Crippen molar-refractivity contribution in [1.82, 2.24) is 0 Å². The molecule has 1 unspecified atom stereocenters. The number of nitrogens with zero attached hydrogens (tertiary/aromatic N) is 1. The number of rotatable bonds is 3. The normalized spacial score (nSPS) is 20.8. The fraction of sp³-hybridized carbons (Fsp3) is 0.316. The number of aliphatic imine (C=N–C) groups is 1. The molecule has 1 aromatic carbocycles. The third-order valence-corrected chi connectivity index (χ3v) is 5.60. The molecule has 2 aliphatic rings. The average molecular weight is 323 g/mol. The van der Waals surface area contributed by atoms with Gasteiger partial charge in [-0.05, 0) is 60.9 Å². The third kappa shape index (κ3) is 2.91. The molecule has 1 atom stereocenters. The van der Waals surface area contributed by atoms with Crippen LogP contribution in [0.25, 0.3) is 0 Å². The number of hydrogen-bond donors (Lipinski definition) is 2. The summed E-state index contributed by atoms with van der Waals surface area (Å²) in [5.74, 6) is 1.10. The van der Waals surface area contributed by atoms with Crippen LogP contribution in [0.5, 0.6) is 0 Å². The molecular formula is C19H21N3S. The smallest absolute Gasteiger partial charge is 0.141 e. The summed E-state index contributed by atoms with van der Waals surface area (Å²) >= 11 is 1.62. The first-order valence-corrected chi connectivity index (χ1v) is 9.14. The first-order chi connectivity index (χ1) is 11.3. The lowest BCUT2D eigenvalue weighted by molar-refractivity contribution is 0.657. The van der Waals surface area contributed by atoms with E-state index >= 15 is 0 Å². The van der Waals surface area contributed by atoms with Gasteiger partial charge in [-0.15, -0.1) is 11.3 Å². The summed E-state index contributed by atoms with van der Waals surface area (Å²) in [6.45, 7) is 1.01. The Bertz CT molecular complexity index is 759. The van der Waals surface area contributed by atoms with Crippen molar-refractivity contribution in [3.8, 4) is 0 Å². The van der Waals surface area contributed by atoms with E-state index in [1.54, 1.807) is 16.9 Å². The lowest BCUT2D eigenvalue weighted by Crippen LogP contribution is -2.10. The molecule has 1 aromatic heterocycles. The molecule has 2 heterocycles. The van der Waals surface area contributed by atoms with Gasteiger partial charge in [0.2, 0.25) is 0 Å². The number of hydrogen-bond acceptors (Lipinski definition) is 3. The molecule has 23 heavy (non-hydrogen) atoms. The van der Waals surface area contributed by atoms with Crippen molar-refractivity contribution in [3.05, 3.63) is 57.8 Å². The van der Waals surface area contributed by atoms with Crippen molar-refractivity contribution >= 4 is 28.5 Å². The lowest BCUT2D eigenvalue weighted by Gasteiger charge is -2.19. The van der Waals surface area contributed by atoms with Crippen LogP contribution in [-0.4, -0.2) is 12.4 Å². The second kappa shape index (κ2) is 6.20. The number of fused-ring (bicyclic) bond motifs is 1. The number of thiophene rings is 1. The van der Waals surface area contributed by atoms with Crippen LogP contribution in [0.3, 0.4) is 0 Å². The molecule has 0 amide bonds. The van der Waals surface area contributed by atoms with E-state index in [4.69, 9.17) is 5.73 Å². The van der Waals surface area contributed by atoms with Gasteiger partial charge in [0.05, 0.1) is 10.6 Å². The zero-order valence-corrected chi connectivity index (χ0v) is 13.9. The van der Waals surface area contributed by atoms with Crippen LogP contribution in [0.1, 0.15) is 42.0 Å². The average Bonchev–Trinajstić information content (AvgIpc) is 3.25. The van der Waals surface area contributed by atoms with E-state index in [1.165, 1.54) is 36.9 Å². The summed E-state index contributed by atoms with van der Waals surface area (Å²) in [7, 11) is 0. The second-order valence-corrected chi connectivity index (χ2v) is 7.15. The Balaban J connectivity index is 1.65. The van der Waals surface area contributed by atoms with Gasteiger partial charge >= 0.3 is 0 Å². The number of benzene rings is 1. The zero-order chi connectivity index (χ0) is 15.6.